The van der Waals surface area contributed by atoms with Crippen molar-refractivity contribution in [3.8, 4) is 0 Å². The van der Waals surface area contributed by atoms with E-state index in [9.17, 15) is 0 Å². The van der Waals surface area contributed by atoms with Crippen LogP contribution in [0.5, 0.6) is 0 Å². The van der Waals surface area contributed by atoms with Crippen LogP contribution in [0.1, 0.15) is 33.3 Å². The van der Waals surface area contributed by atoms with Gasteiger partial charge in [0, 0.05) is 0 Å². The van der Waals surface area contributed by atoms with E-state index in [0.717, 1.165) is 17.0 Å². The second-order valence-corrected chi connectivity index (χ2v) is 6.89. The van der Waals surface area contributed by atoms with Gasteiger partial charge in [0.15, 0.2) is 0 Å². The van der Waals surface area contributed by atoms with E-state index in [4.69, 9.17) is 14.5 Å². The summed E-state index contributed by atoms with van der Waals surface area (Å²) in [4.78, 5) is 4.71. The van der Waals surface area contributed by atoms with Gasteiger partial charge in [-0.05, 0) is 33.3 Å². The Morgan fingerprint density at radius 1 is 1.05 bits per heavy atom. The zero-order chi connectivity index (χ0) is 15.1. The number of nitrogens with zero attached hydrogens (tertiary/aromatic N) is 1. The van der Waals surface area contributed by atoms with Crippen molar-refractivity contribution in [2.45, 2.75) is 38.8 Å². The van der Waals surface area contributed by atoms with Crippen LogP contribution in [0.2, 0.25) is 0 Å². The number of rotatable bonds is 2. The SMILES string of the molecule is CC1(C)COC(/C(=C2\NC(C)(C)CO2)c2ccccc2)=N1. The van der Waals surface area contributed by atoms with Crippen LogP contribution in [0.15, 0.2) is 41.2 Å². The van der Waals surface area contributed by atoms with Crippen molar-refractivity contribution in [1.29, 1.82) is 0 Å². The molecule has 1 N–H and O–H groups in total. The molecule has 4 heteroatoms. The van der Waals surface area contributed by atoms with Crippen molar-refractivity contribution in [3.63, 3.8) is 0 Å². The molecule has 0 spiro atoms. The third-order valence-electron chi connectivity index (χ3n) is 3.50. The minimum atomic E-state index is -0.190. The minimum Gasteiger partial charge on any atom is -0.476 e. The lowest BCUT2D eigenvalue weighted by Crippen LogP contribution is -2.34. The van der Waals surface area contributed by atoms with Gasteiger partial charge in [-0.3, -0.25) is 0 Å². The Morgan fingerprint density at radius 2 is 1.76 bits per heavy atom. The van der Waals surface area contributed by atoms with E-state index in [1.807, 2.05) is 18.2 Å². The highest BCUT2D eigenvalue weighted by atomic mass is 16.5. The third-order valence-corrected chi connectivity index (χ3v) is 3.50. The summed E-state index contributed by atoms with van der Waals surface area (Å²) in [6, 6.07) is 10.1. The van der Waals surface area contributed by atoms with Gasteiger partial charge in [0.2, 0.25) is 11.8 Å². The number of benzene rings is 1. The molecule has 0 bridgehead atoms. The van der Waals surface area contributed by atoms with Gasteiger partial charge >= 0.3 is 0 Å². The lowest BCUT2D eigenvalue weighted by atomic mass is 10.0. The molecule has 0 aliphatic carbocycles. The van der Waals surface area contributed by atoms with E-state index >= 15 is 0 Å². The topological polar surface area (TPSA) is 42.8 Å². The molecule has 0 amide bonds. The maximum Gasteiger partial charge on any atom is 0.222 e. The van der Waals surface area contributed by atoms with Gasteiger partial charge in [0.25, 0.3) is 0 Å². The molecule has 2 aliphatic heterocycles. The lowest BCUT2D eigenvalue weighted by Gasteiger charge is -2.15. The first-order chi connectivity index (χ1) is 9.86. The normalized spacial score (nSPS) is 24.7. The Kier molecular flexibility index (Phi) is 3.19. The summed E-state index contributed by atoms with van der Waals surface area (Å²) in [5.74, 6) is 1.41. The Balaban J connectivity index is 2.08. The monoisotopic (exact) mass is 286 g/mol. The maximum absolute atomic E-state index is 5.87. The van der Waals surface area contributed by atoms with Crippen molar-refractivity contribution in [1.82, 2.24) is 5.32 Å². The van der Waals surface area contributed by atoms with Gasteiger partial charge in [-0.2, -0.15) is 0 Å². The van der Waals surface area contributed by atoms with Gasteiger partial charge < -0.3 is 14.8 Å². The van der Waals surface area contributed by atoms with Gasteiger partial charge in [-0.1, -0.05) is 30.3 Å². The highest BCUT2D eigenvalue weighted by Gasteiger charge is 2.35. The van der Waals surface area contributed by atoms with Crippen LogP contribution in [-0.4, -0.2) is 30.2 Å². The molecule has 4 nitrogen and oxygen atoms in total. The molecule has 2 aliphatic rings. The van der Waals surface area contributed by atoms with Gasteiger partial charge in [-0.25, -0.2) is 4.99 Å². The molecule has 0 unspecified atom stereocenters. The van der Waals surface area contributed by atoms with Crippen LogP contribution in [0.4, 0.5) is 0 Å². The molecular formula is C17H22N2O2. The van der Waals surface area contributed by atoms with E-state index in [1.165, 1.54) is 0 Å². The molecule has 1 aromatic rings. The fourth-order valence-electron chi connectivity index (χ4n) is 2.44. The molecule has 0 saturated carbocycles. The average molecular weight is 286 g/mol. The highest BCUT2D eigenvalue weighted by molar-refractivity contribution is 6.20. The Labute approximate surface area is 125 Å². The van der Waals surface area contributed by atoms with Gasteiger partial charge in [0.1, 0.15) is 18.8 Å². The standard InChI is InChI=1S/C17H22N2O2/c1-16(2)10-20-14(18-16)13(12-8-6-5-7-9-12)15-19-17(3,4)11-21-15/h5-9,18H,10-11H2,1-4H3/b14-13+. The number of ether oxygens (including phenoxy) is 2. The molecule has 112 valence electrons. The molecule has 0 atom stereocenters. The zero-order valence-electron chi connectivity index (χ0n) is 13.1. The first-order valence-corrected chi connectivity index (χ1v) is 7.30. The predicted octanol–water partition coefficient (Wildman–Crippen LogP) is 2.96. The molecule has 3 rings (SSSR count). The largest absolute Gasteiger partial charge is 0.476 e. The minimum absolute atomic E-state index is 0.0793. The molecular weight excluding hydrogens is 264 g/mol. The van der Waals surface area contributed by atoms with Crippen LogP contribution >= 0.6 is 0 Å². The van der Waals surface area contributed by atoms with Crippen molar-refractivity contribution < 1.29 is 9.47 Å². The highest BCUT2D eigenvalue weighted by Crippen LogP contribution is 2.31. The molecule has 1 aromatic carbocycles. The number of aliphatic imine (C=N–C) groups is 1. The van der Waals surface area contributed by atoms with Crippen LogP contribution in [0.25, 0.3) is 5.57 Å². The molecule has 1 fully saturated rings. The Morgan fingerprint density at radius 3 is 2.29 bits per heavy atom. The molecule has 2 heterocycles. The van der Waals surface area contributed by atoms with E-state index in [0.29, 0.717) is 19.1 Å². The van der Waals surface area contributed by atoms with Crippen LogP contribution < -0.4 is 5.32 Å². The molecule has 1 saturated heterocycles. The third kappa shape index (κ3) is 2.89. The summed E-state index contributed by atoms with van der Waals surface area (Å²) in [6.07, 6.45) is 0. The van der Waals surface area contributed by atoms with Crippen molar-refractivity contribution in [2.24, 2.45) is 4.99 Å². The fraction of sp³-hybridized carbons (Fsp3) is 0.471. The smallest absolute Gasteiger partial charge is 0.222 e. The quantitative estimate of drug-likeness (QED) is 0.909. The maximum atomic E-state index is 5.87. The van der Waals surface area contributed by atoms with E-state index in [2.05, 4.69) is 45.1 Å². The van der Waals surface area contributed by atoms with E-state index in [-0.39, 0.29) is 11.1 Å². The predicted molar refractivity (Wildman–Crippen MR) is 84.0 cm³/mol. The molecule has 21 heavy (non-hydrogen) atoms. The first-order valence-electron chi connectivity index (χ1n) is 7.30. The first kappa shape index (κ1) is 14.0. The van der Waals surface area contributed by atoms with Crippen molar-refractivity contribution in [3.05, 3.63) is 41.8 Å². The second kappa shape index (κ2) is 4.79. The van der Waals surface area contributed by atoms with Crippen LogP contribution in [-0.2, 0) is 9.47 Å². The lowest BCUT2D eigenvalue weighted by molar-refractivity contribution is 0.237. The van der Waals surface area contributed by atoms with Gasteiger partial charge in [-0.15, -0.1) is 0 Å². The number of nitrogens with one attached hydrogen (secondary N) is 1. The Hall–Kier alpha value is -1.97. The van der Waals surface area contributed by atoms with E-state index < -0.39 is 0 Å². The summed E-state index contributed by atoms with van der Waals surface area (Å²) in [7, 11) is 0. The average Bonchev–Trinajstić information content (AvgIpc) is 2.94. The summed E-state index contributed by atoms with van der Waals surface area (Å²) < 4.78 is 11.7. The summed E-state index contributed by atoms with van der Waals surface area (Å²) >= 11 is 0. The number of hydrogen-bond donors (Lipinski definition) is 1. The second-order valence-electron chi connectivity index (χ2n) is 6.89. The zero-order valence-corrected chi connectivity index (χ0v) is 13.1. The van der Waals surface area contributed by atoms with E-state index in [1.54, 1.807) is 0 Å². The van der Waals surface area contributed by atoms with Crippen LogP contribution in [0.3, 0.4) is 0 Å². The Bertz CT molecular complexity index is 600. The van der Waals surface area contributed by atoms with Crippen molar-refractivity contribution in [2.75, 3.05) is 13.2 Å². The van der Waals surface area contributed by atoms with Gasteiger partial charge in [0.05, 0.1) is 11.1 Å². The number of hydrogen-bond acceptors (Lipinski definition) is 4. The van der Waals surface area contributed by atoms with Crippen molar-refractivity contribution >= 4 is 11.5 Å². The van der Waals surface area contributed by atoms with Crippen LogP contribution in [0, 0.1) is 0 Å². The fourth-order valence-corrected chi connectivity index (χ4v) is 2.44. The summed E-state index contributed by atoms with van der Waals surface area (Å²) in [5.41, 5.74) is 1.69. The summed E-state index contributed by atoms with van der Waals surface area (Å²) in [5, 5.41) is 3.43. The summed E-state index contributed by atoms with van der Waals surface area (Å²) in [6.45, 7) is 9.60. The molecule has 0 radical (unpaired) electrons. The molecule has 0 aromatic heterocycles.